The molecule has 20 nitrogen and oxygen atoms in total. The maximum atomic E-state index is 12.2. The molecule has 0 aromatic rings. The summed E-state index contributed by atoms with van der Waals surface area (Å²) in [6.45, 7) is 4.40. The number of aliphatic carboxylic acids is 1. The van der Waals surface area contributed by atoms with Gasteiger partial charge in [-0.15, -0.1) is 0 Å². The number of esters is 1. The summed E-state index contributed by atoms with van der Waals surface area (Å²) in [6, 6.07) is 0. The van der Waals surface area contributed by atoms with Crippen LogP contribution in [0.3, 0.4) is 0 Å². The normalized spacial score (nSPS) is 32.2. The van der Waals surface area contributed by atoms with Crippen molar-refractivity contribution in [1.29, 1.82) is 0 Å². The van der Waals surface area contributed by atoms with Gasteiger partial charge in [-0.2, -0.15) is 0 Å². The number of ether oxygens (including phenoxy) is 7. The van der Waals surface area contributed by atoms with Crippen LogP contribution in [0.4, 0.5) is 0 Å². The largest absolute Gasteiger partial charge is 0.479 e. The van der Waals surface area contributed by atoms with Crippen molar-refractivity contribution in [2.75, 3.05) is 19.8 Å². The second kappa shape index (κ2) is 32.3. The van der Waals surface area contributed by atoms with Crippen LogP contribution in [0.2, 0.25) is 0 Å². The molecule has 2 unspecified atom stereocenters. The molecule has 3 aliphatic heterocycles. The molecule has 67 heavy (non-hydrogen) atoms. The fraction of sp³-hybridized carbons (Fsp3) is 0.957. The quantitative estimate of drug-likeness (QED) is 0.0323. The number of carboxylic acids is 1. The van der Waals surface area contributed by atoms with Crippen molar-refractivity contribution in [1.82, 2.24) is 0 Å². The van der Waals surface area contributed by atoms with E-state index < -0.39 is 129 Å². The Balaban J connectivity index is 1.48. The minimum atomic E-state index is -1.88. The van der Waals surface area contributed by atoms with Gasteiger partial charge in [-0.1, -0.05) is 111 Å². The lowest BCUT2D eigenvalue weighted by Gasteiger charge is -2.46. The van der Waals surface area contributed by atoms with E-state index in [9.17, 15) is 60.7 Å². The second-order valence-electron chi connectivity index (χ2n) is 19.2. The van der Waals surface area contributed by atoms with Crippen molar-refractivity contribution in [3.8, 4) is 0 Å². The molecule has 0 bridgehead atoms. The van der Waals surface area contributed by atoms with E-state index in [0.717, 1.165) is 89.9 Å². The number of aliphatic hydroxyl groups excluding tert-OH is 10. The van der Waals surface area contributed by atoms with E-state index in [4.69, 9.17) is 38.3 Å². The van der Waals surface area contributed by atoms with Gasteiger partial charge in [0.1, 0.15) is 67.6 Å². The first-order valence-electron chi connectivity index (χ1n) is 25.0. The third-order valence-electron chi connectivity index (χ3n) is 12.8. The number of carbonyl (C=O) groups is 2. The summed E-state index contributed by atoms with van der Waals surface area (Å²) in [7, 11) is 0. The summed E-state index contributed by atoms with van der Waals surface area (Å²) < 4.78 is 40.8. The van der Waals surface area contributed by atoms with E-state index in [1.54, 1.807) is 0 Å². The van der Waals surface area contributed by atoms with Gasteiger partial charge < -0.3 is 89.3 Å². The minimum Gasteiger partial charge on any atom is -0.479 e. The van der Waals surface area contributed by atoms with Gasteiger partial charge in [0.2, 0.25) is 0 Å². The molecule has 394 valence electrons. The fourth-order valence-electron chi connectivity index (χ4n) is 8.52. The first-order chi connectivity index (χ1) is 31.9. The van der Waals surface area contributed by atoms with E-state index in [2.05, 4.69) is 0 Å². The lowest BCUT2D eigenvalue weighted by atomic mass is 9.98. The highest BCUT2D eigenvalue weighted by Crippen LogP contribution is 2.32. The molecule has 0 aromatic carbocycles. The Morgan fingerprint density at radius 1 is 0.567 bits per heavy atom. The van der Waals surface area contributed by atoms with Crippen LogP contribution in [0.25, 0.3) is 0 Å². The highest BCUT2D eigenvalue weighted by molar-refractivity contribution is 5.71. The molecule has 0 amide bonds. The van der Waals surface area contributed by atoms with Crippen LogP contribution in [0, 0.1) is 5.92 Å². The Kier molecular flexibility index (Phi) is 28.7. The molecule has 0 aromatic heterocycles. The Bertz CT molecular complexity index is 1330. The van der Waals surface area contributed by atoms with Crippen molar-refractivity contribution < 1.29 is 98.9 Å². The van der Waals surface area contributed by atoms with Crippen LogP contribution in [-0.4, -0.2) is 192 Å². The smallest absolute Gasteiger partial charge is 0.332 e. The summed E-state index contributed by atoms with van der Waals surface area (Å²) in [5.74, 6) is -1.75. The molecule has 0 radical (unpaired) electrons. The minimum absolute atomic E-state index is 0.0120. The molecular weight excluding hydrogens is 884 g/mol. The number of hydrogen-bond acceptors (Lipinski definition) is 19. The third-order valence-corrected chi connectivity index (χ3v) is 12.8. The molecule has 3 saturated heterocycles. The zero-order chi connectivity index (χ0) is 49.5. The summed E-state index contributed by atoms with van der Waals surface area (Å²) in [5, 5.41) is 115. The number of hydrogen-bond donors (Lipinski definition) is 11. The van der Waals surface area contributed by atoms with Crippen molar-refractivity contribution >= 4 is 11.9 Å². The van der Waals surface area contributed by atoms with Gasteiger partial charge >= 0.3 is 11.9 Å². The Morgan fingerprint density at radius 2 is 1.04 bits per heavy atom. The number of aliphatic hydroxyl groups is 10. The Labute approximate surface area is 395 Å². The molecule has 0 saturated carbocycles. The van der Waals surface area contributed by atoms with E-state index in [1.165, 1.54) is 0 Å². The zero-order valence-corrected chi connectivity index (χ0v) is 40.0. The summed E-state index contributed by atoms with van der Waals surface area (Å²) in [4.78, 5) is 22.9. The molecule has 17 atom stereocenters. The number of unbranched alkanes of at least 4 members (excludes halogenated alkanes) is 12. The third kappa shape index (κ3) is 21.3. The van der Waals surface area contributed by atoms with Crippen LogP contribution < -0.4 is 0 Å². The highest BCUT2D eigenvalue weighted by atomic mass is 16.8. The van der Waals surface area contributed by atoms with E-state index in [-0.39, 0.29) is 18.9 Å². The van der Waals surface area contributed by atoms with Crippen LogP contribution >= 0.6 is 0 Å². The van der Waals surface area contributed by atoms with Gasteiger partial charge in [-0.25, -0.2) is 4.79 Å². The van der Waals surface area contributed by atoms with Crippen molar-refractivity contribution in [2.45, 2.75) is 260 Å². The van der Waals surface area contributed by atoms with Crippen LogP contribution in [0.1, 0.15) is 156 Å². The topological polar surface area (TPSA) is 321 Å². The summed E-state index contributed by atoms with van der Waals surface area (Å²) >= 11 is 0. The number of rotatable bonds is 34. The molecule has 3 rings (SSSR count). The van der Waals surface area contributed by atoms with Gasteiger partial charge in [-0.05, 0) is 44.4 Å². The van der Waals surface area contributed by atoms with E-state index in [0.29, 0.717) is 38.5 Å². The number of carbonyl (C=O) groups excluding carboxylic acids is 1. The predicted molar refractivity (Wildman–Crippen MR) is 239 cm³/mol. The van der Waals surface area contributed by atoms with Gasteiger partial charge in [0.05, 0.1) is 31.5 Å². The van der Waals surface area contributed by atoms with Crippen LogP contribution in [0.15, 0.2) is 0 Å². The maximum absolute atomic E-state index is 12.2. The van der Waals surface area contributed by atoms with Gasteiger partial charge in [0, 0.05) is 6.42 Å². The van der Waals surface area contributed by atoms with Crippen molar-refractivity contribution in [3.05, 3.63) is 0 Å². The van der Waals surface area contributed by atoms with Crippen LogP contribution in [-0.2, 0) is 42.7 Å². The van der Waals surface area contributed by atoms with E-state index >= 15 is 0 Å². The first-order valence-corrected chi connectivity index (χ1v) is 25.0. The van der Waals surface area contributed by atoms with Crippen molar-refractivity contribution in [3.63, 3.8) is 0 Å². The van der Waals surface area contributed by atoms with E-state index in [1.807, 2.05) is 20.8 Å². The monoisotopic (exact) mass is 971 g/mol. The average molecular weight is 971 g/mol. The molecule has 3 aliphatic rings. The molecule has 0 aliphatic carbocycles. The SMILES string of the molecule is CCCCC(CCC[C@H](O)C(O)CCCCCCCCCCCCCC[C@H](O)C(=O)O)O[C@H]1OC[C@H](O)[C@@H](O)[C@@H]1O[C@H]1OC[C@H](O)[C@@H](O)[C@@H]1O[C@H]1O[C@@H](COC(=O)CC(C)C)[C@H](O)[C@@H](O)[C@@H]1O. The standard InChI is InChI=1S/C47H86O20/c1-4-5-19-29(20-18-23-31(49)30(48)21-16-14-12-10-8-6-7-9-11-13-15-17-22-32(50)44(59)60)64-46-42(37(54)33(51)25-62-46)67-47-43(38(55)34(52)26-63-47)66-45-41(58)40(57)39(56)35(65-45)27-61-36(53)24-28(2)3/h28-35,37-43,45-52,54-58H,4-27H2,1-3H3,(H,59,60)/t29?,30?,31-,32-,33-,34-,35-,37+,38+,39-,40+,41-,42-,43-,45+,46+,47+/m0/s1. The lowest BCUT2D eigenvalue weighted by molar-refractivity contribution is -0.380. The Hall–Kier alpha value is -1.70. The Morgan fingerprint density at radius 3 is 1.58 bits per heavy atom. The summed E-state index contributed by atoms with van der Waals surface area (Å²) in [5.41, 5.74) is 0. The number of carboxylic acid groups (broad SMARTS) is 1. The predicted octanol–water partition coefficient (Wildman–Crippen LogP) is 1.68. The lowest BCUT2D eigenvalue weighted by Crippen LogP contribution is -2.64. The maximum Gasteiger partial charge on any atom is 0.332 e. The molecule has 3 fully saturated rings. The zero-order valence-electron chi connectivity index (χ0n) is 40.0. The molecular formula is C47H86O20. The van der Waals surface area contributed by atoms with Crippen molar-refractivity contribution in [2.24, 2.45) is 5.92 Å². The van der Waals surface area contributed by atoms with Gasteiger partial charge in [0.25, 0.3) is 0 Å². The van der Waals surface area contributed by atoms with Gasteiger partial charge in [0.15, 0.2) is 25.0 Å². The van der Waals surface area contributed by atoms with Gasteiger partial charge in [-0.3, -0.25) is 4.79 Å². The molecule has 20 heteroatoms. The van der Waals surface area contributed by atoms with Crippen LogP contribution in [0.5, 0.6) is 0 Å². The second-order valence-corrected chi connectivity index (χ2v) is 19.2. The average Bonchev–Trinajstić information content (AvgIpc) is 3.29. The summed E-state index contributed by atoms with van der Waals surface area (Å²) in [6.07, 6.45) is -7.52. The first kappa shape index (κ1) is 59.6. The molecule has 0 spiro atoms. The molecule has 11 N–H and O–H groups in total. The molecule has 3 heterocycles. The highest BCUT2D eigenvalue weighted by Gasteiger charge is 2.51. The fourth-order valence-corrected chi connectivity index (χ4v) is 8.52.